The van der Waals surface area contributed by atoms with Gasteiger partial charge in [0.2, 0.25) is 5.28 Å². The van der Waals surface area contributed by atoms with Crippen molar-refractivity contribution in [2.75, 3.05) is 0 Å². The number of benzene rings is 1. The van der Waals surface area contributed by atoms with Crippen LogP contribution >= 0.6 is 11.6 Å². The van der Waals surface area contributed by atoms with Crippen LogP contribution in [0.5, 0.6) is 0 Å². The fourth-order valence-corrected chi connectivity index (χ4v) is 2.97. The van der Waals surface area contributed by atoms with Gasteiger partial charge in [0.15, 0.2) is 5.65 Å². The van der Waals surface area contributed by atoms with Crippen LogP contribution in [-0.2, 0) is 0 Å². The lowest BCUT2D eigenvalue weighted by Crippen LogP contribution is -2.10. The smallest absolute Gasteiger partial charge is 0.224 e. The molecule has 0 atom stereocenters. The normalized spacial score (nSPS) is 15.4. The number of halogens is 1. The van der Waals surface area contributed by atoms with Crippen molar-refractivity contribution in [1.82, 2.24) is 20.2 Å². The highest BCUT2D eigenvalue weighted by molar-refractivity contribution is 6.28. The van der Waals surface area contributed by atoms with Gasteiger partial charge in [0.1, 0.15) is 0 Å². The Kier molecular flexibility index (Phi) is 2.70. The number of fused-ring (bicyclic) bond motifs is 1. The van der Waals surface area contributed by atoms with Gasteiger partial charge in [-0.25, -0.2) is 4.98 Å². The van der Waals surface area contributed by atoms with Crippen molar-refractivity contribution in [3.05, 3.63) is 41.3 Å². The first-order chi connectivity index (χ1) is 9.83. The molecule has 1 saturated carbocycles. The predicted molar refractivity (Wildman–Crippen MR) is 78.7 cm³/mol. The fraction of sp³-hybridized carbons (Fsp3) is 0.267. The molecule has 2 aromatic heterocycles. The van der Waals surface area contributed by atoms with Crippen LogP contribution in [0.4, 0.5) is 0 Å². The Hall–Kier alpha value is -1.94. The lowest BCUT2D eigenvalue weighted by atomic mass is 9.77. The van der Waals surface area contributed by atoms with Crippen LogP contribution in [0.15, 0.2) is 30.5 Å². The molecule has 1 aromatic carbocycles. The molecule has 2 heterocycles. The van der Waals surface area contributed by atoms with Gasteiger partial charge in [0.05, 0.1) is 17.3 Å². The zero-order valence-electron chi connectivity index (χ0n) is 10.8. The number of nitrogens with one attached hydrogen (secondary N) is 1. The molecular formula is C15H13ClN4. The van der Waals surface area contributed by atoms with Gasteiger partial charge in [0, 0.05) is 5.56 Å². The Morgan fingerprint density at radius 3 is 2.80 bits per heavy atom. The largest absolute Gasteiger partial charge is 0.261 e. The Labute approximate surface area is 121 Å². The molecular weight excluding hydrogens is 272 g/mol. The molecule has 100 valence electrons. The number of hydrogen-bond acceptors (Lipinski definition) is 3. The third-order valence-electron chi connectivity index (χ3n) is 4.04. The molecule has 0 bridgehead atoms. The molecule has 1 aliphatic carbocycles. The monoisotopic (exact) mass is 284 g/mol. The molecule has 1 fully saturated rings. The summed E-state index contributed by atoms with van der Waals surface area (Å²) in [6, 6.07) is 8.44. The minimum absolute atomic E-state index is 0.250. The van der Waals surface area contributed by atoms with Gasteiger partial charge in [-0.05, 0) is 35.9 Å². The van der Waals surface area contributed by atoms with E-state index in [9.17, 15) is 0 Å². The zero-order valence-corrected chi connectivity index (χ0v) is 11.6. The van der Waals surface area contributed by atoms with Crippen LogP contribution in [0.3, 0.4) is 0 Å². The van der Waals surface area contributed by atoms with Crippen LogP contribution in [0.2, 0.25) is 5.28 Å². The maximum Gasteiger partial charge on any atom is 0.224 e. The van der Waals surface area contributed by atoms with Gasteiger partial charge >= 0.3 is 0 Å². The van der Waals surface area contributed by atoms with Crippen LogP contribution in [-0.4, -0.2) is 20.2 Å². The first kappa shape index (κ1) is 11.9. The highest BCUT2D eigenvalue weighted by atomic mass is 35.5. The van der Waals surface area contributed by atoms with E-state index in [-0.39, 0.29) is 5.28 Å². The number of hydrogen-bond donors (Lipinski definition) is 1. The van der Waals surface area contributed by atoms with Gasteiger partial charge < -0.3 is 0 Å². The van der Waals surface area contributed by atoms with Gasteiger partial charge in [-0.2, -0.15) is 10.1 Å². The lowest BCUT2D eigenvalue weighted by molar-refractivity contribution is 0.420. The Morgan fingerprint density at radius 2 is 2.00 bits per heavy atom. The number of aromatic amines is 1. The SMILES string of the molecule is Clc1nc(-c2ccccc2C2CCC2)c2cn[nH]c2n1. The fourth-order valence-electron chi connectivity index (χ4n) is 2.80. The van der Waals surface area contributed by atoms with E-state index in [0.29, 0.717) is 11.6 Å². The second kappa shape index (κ2) is 4.56. The van der Waals surface area contributed by atoms with Gasteiger partial charge in [0.25, 0.3) is 0 Å². The molecule has 1 aliphatic rings. The average molecular weight is 285 g/mol. The second-order valence-corrected chi connectivity index (χ2v) is 5.53. The zero-order chi connectivity index (χ0) is 13.5. The summed E-state index contributed by atoms with van der Waals surface area (Å²) in [6.45, 7) is 0. The molecule has 0 spiro atoms. The van der Waals surface area contributed by atoms with E-state index in [0.717, 1.165) is 16.6 Å². The third kappa shape index (κ3) is 1.79. The van der Waals surface area contributed by atoms with E-state index in [2.05, 4.69) is 38.4 Å². The number of H-pyrrole nitrogens is 1. The molecule has 0 radical (unpaired) electrons. The second-order valence-electron chi connectivity index (χ2n) is 5.19. The average Bonchev–Trinajstić information content (AvgIpc) is 2.84. The predicted octanol–water partition coefficient (Wildman–Crippen LogP) is 3.94. The number of nitrogens with zero attached hydrogens (tertiary/aromatic N) is 3. The van der Waals surface area contributed by atoms with Crippen LogP contribution in [0, 0.1) is 0 Å². The summed E-state index contributed by atoms with van der Waals surface area (Å²) in [7, 11) is 0. The van der Waals surface area contributed by atoms with Gasteiger partial charge in [-0.1, -0.05) is 30.7 Å². The van der Waals surface area contributed by atoms with E-state index in [1.807, 2.05) is 6.07 Å². The molecule has 4 nitrogen and oxygen atoms in total. The Bertz CT molecular complexity index is 776. The molecule has 0 unspecified atom stereocenters. The molecule has 0 saturated heterocycles. The molecule has 1 N–H and O–H groups in total. The third-order valence-corrected chi connectivity index (χ3v) is 4.21. The van der Waals surface area contributed by atoms with E-state index >= 15 is 0 Å². The maximum absolute atomic E-state index is 6.04. The van der Waals surface area contributed by atoms with Crippen LogP contribution in [0.25, 0.3) is 22.3 Å². The van der Waals surface area contributed by atoms with Crippen molar-refractivity contribution < 1.29 is 0 Å². The molecule has 4 rings (SSSR count). The van der Waals surface area contributed by atoms with Crippen molar-refractivity contribution in [1.29, 1.82) is 0 Å². The van der Waals surface area contributed by atoms with E-state index < -0.39 is 0 Å². The quantitative estimate of drug-likeness (QED) is 0.725. The van der Waals surface area contributed by atoms with E-state index in [1.54, 1.807) is 6.20 Å². The Balaban J connectivity index is 1.97. The Morgan fingerprint density at radius 1 is 1.15 bits per heavy atom. The highest BCUT2D eigenvalue weighted by Crippen LogP contribution is 2.41. The molecule has 0 aliphatic heterocycles. The first-order valence-corrected chi connectivity index (χ1v) is 7.16. The van der Waals surface area contributed by atoms with Crippen molar-refractivity contribution >= 4 is 22.6 Å². The van der Waals surface area contributed by atoms with Gasteiger partial charge in [-0.15, -0.1) is 0 Å². The van der Waals surface area contributed by atoms with Gasteiger partial charge in [-0.3, -0.25) is 5.10 Å². The number of aromatic nitrogens is 4. The first-order valence-electron chi connectivity index (χ1n) is 6.79. The molecule has 3 aromatic rings. The van der Waals surface area contributed by atoms with Crippen molar-refractivity contribution in [2.45, 2.75) is 25.2 Å². The summed E-state index contributed by atoms with van der Waals surface area (Å²) in [5, 5.41) is 8.08. The van der Waals surface area contributed by atoms with Crippen molar-refractivity contribution in [3.8, 4) is 11.3 Å². The summed E-state index contributed by atoms with van der Waals surface area (Å²) in [5.41, 5.74) is 4.06. The summed E-state index contributed by atoms with van der Waals surface area (Å²) < 4.78 is 0. The van der Waals surface area contributed by atoms with Crippen molar-refractivity contribution in [2.24, 2.45) is 0 Å². The minimum atomic E-state index is 0.250. The topological polar surface area (TPSA) is 54.5 Å². The molecule has 5 heteroatoms. The highest BCUT2D eigenvalue weighted by Gasteiger charge is 2.23. The number of rotatable bonds is 2. The van der Waals surface area contributed by atoms with Crippen molar-refractivity contribution in [3.63, 3.8) is 0 Å². The lowest BCUT2D eigenvalue weighted by Gasteiger charge is -2.27. The summed E-state index contributed by atoms with van der Waals surface area (Å²) in [6.07, 6.45) is 5.58. The van der Waals surface area contributed by atoms with Crippen LogP contribution < -0.4 is 0 Å². The van der Waals surface area contributed by atoms with E-state index in [1.165, 1.54) is 24.8 Å². The summed E-state index contributed by atoms with van der Waals surface area (Å²) in [5.74, 6) is 0.641. The summed E-state index contributed by atoms with van der Waals surface area (Å²) >= 11 is 6.04. The summed E-state index contributed by atoms with van der Waals surface area (Å²) in [4.78, 5) is 8.61. The maximum atomic E-state index is 6.04. The standard InChI is InChI=1S/C15H13ClN4/c16-15-18-13(12-8-17-20-14(12)19-15)11-7-2-1-6-10(11)9-4-3-5-9/h1-2,6-9H,3-5H2,(H,17,18,19,20). The van der Waals surface area contributed by atoms with E-state index in [4.69, 9.17) is 11.6 Å². The molecule has 0 amide bonds. The van der Waals surface area contributed by atoms with Crippen LogP contribution in [0.1, 0.15) is 30.7 Å². The minimum Gasteiger partial charge on any atom is -0.261 e. The molecule has 20 heavy (non-hydrogen) atoms.